The lowest BCUT2D eigenvalue weighted by molar-refractivity contribution is -0.127. The molecule has 0 radical (unpaired) electrons. The standard InChI is InChI=1S/C29H46O2/c1-18(20(3)21(4)30)7-8-19(2)25-11-12-26-24-10-9-22-17-23(31)13-15-28(22,5)27(24)14-16-29(25,26)6/h7-8,10,18-22,25-27,30H,9,11-17H2,1-6H3/b8-7+. The number of aliphatic hydroxyl groups excluding tert-OH is 1. The van der Waals surface area contributed by atoms with Crippen molar-refractivity contribution in [3.63, 3.8) is 0 Å². The quantitative estimate of drug-likeness (QED) is 0.481. The lowest BCUT2D eigenvalue weighted by atomic mass is 9.48. The zero-order valence-electron chi connectivity index (χ0n) is 20.9. The van der Waals surface area contributed by atoms with Crippen molar-refractivity contribution in [1.82, 2.24) is 0 Å². The Morgan fingerprint density at radius 3 is 2.42 bits per heavy atom. The molecule has 0 aromatic carbocycles. The summed E-state index contributed by atoms with van der Waals surface area (Å²) in [5, 5.41) is 9.93. The van der Waals surface area contributed by atoms with Crippen LogP contribution >= 0.6 is 0 Å². The normalized spacial score (nSPS) is 44.1. The first-order chi connectivity index (χ1) is 14.6. The van der Waals surface area contributed by atoms with Crippen LogP contribution in [-0.2, 0) is 4.79 Å². The Hall–Kier alpha value is -0.890. The van der Waals surface area contributed by atoms with E-state index in [1.165, 1.54) is 25.7 Å². The number of carbonyl (C=O) groups excluding carboxylic acids is 1. The minimum atomic E-state index is -0.253. The van der Waals surface area contributed by atoms with E-state index in [9.17, 15) is 9.90 Å². The molecule has 0 saturated heterocycles. The van der Waals surface area contributed by atoms with Gasteiger partial charge in [-0.3, -0.25) is 4.79 Å². The van der Waals surface area contributed by atoms with E-state index in [2.05, 4.69) is 52.8 Å². The maximum Gasteiger partial charge on any atom is 0.133 e. The van der Waals surface area contributed by atoms with E-state index in [1.54, 1.807) is 5.57 Å². The van der Waals surface area contributed by atoms with E-state index in [1.807, 2.05) is 6.92 Å². The molecular weight excluding hydrogens is 380 g/mol. The summed E-state index contributed by atoms with van der Waals surface area (Å²) >= 11 is 0. The zero-order chi connectivity index (χ0) is 22.6. The summed E-state index contributed by atoms with van der Waals surface area (Å²) in [6.45, 7) is 13.8. The van der Waals surface area contributed by atoms with Crippen LogP contribution in [0.2, 0.25) is 0 Å². The van der Waals surface area contributed by atoms with Crippen LogP contribution in [-0.4, -0.2) is 17.0 Å². The van der Waals surface area contributed by atoms with Crippen LogP contribution in [0.3, 0.4) is 0 Å². The second kappa shape index (κ2) is 8.47. The number of allylic oxidation sites excluding steroid dienone is 4. The predicted octanol–water partition coefficient (Wildman–Crippen LogP) is 6.98. The molecule has 10 atom stereocenters. The van der Waals surface area contributed by atoms with E-state index in [0.717, 1.165) is 37.5 Å². The van der Waals surface area contributed by atoms with Crippen molar-refractivity contribution in [3.8, 4) is 0 Å². The smallest absolute Gasteiger partial charge is 0.133 e. The van der Waals surface area contributed by atoms with Crippen molar-refractivity contribution in [2.75, 3.05) is 0 Å². The van der Waals surface area contributed by atoms with Crippen LogP contribution in [0.4, 0.5) is 0 Å². The maximum absolute atomic E-state index is 12.1. The fraction of sp³-hybridized carbons (Fsp3) is 0.828. The van der Waals surface area contributed by atoms with Crippen molar-refractivity contribution in [1.29, 1.82) is 0 Å². The molecule has 2 heteroatoms. The van der Waals surface area contributed by atoms with Crippen LogP contribution in [0, 0.1) is 52.3 Å². The number of carbonyl (C=O) groups is 1. The molecule has 4 rings (SSSR count). The first-order valence-electron chi connectivity index (χ1n) is 13.2. The molecule has 0 aromatic heterocycles. The van der Waals surface area contributed by atoms with E-state index >= 15 is 0 Å². The Morgan fingerprint density at radius 1 is 1.00 bits per heavy atom. The monoisotopic (exact) mass is 426 g/mol. The highest BCUT2D eigenvalue weighted by Crippen LogP contribution is 2.66. The summed E-state index contributed by atoms with van der Waals surface area (Å²) in [7, 11) is 0. The third-order valence-corrected chi connectivity index (χ3v) is 10.9. The van der Waals surface area contributed by atoms with Gasteiger partial charge in [0, 0.05) is 12.8 Å². The number of aliphatic hydroxyl groups is 1. The average molecular weight is 427 g/mol. The molecule has 4 aliphatic carbocycles. The molecule has 3 fully saturated rings. The largest absolute Gasteiger partial charge is 0.393 e. The van der Waals surface area contributed by atoms with Crippen molar-refractivity contribution < 1.29 is 9.90 Å². The van der Waals surface area contributed by atoms with Gasteiger partial charge in [-0.05, 0) is 97.7 Å². The molecule has 2 nitrogen and oxygen atoms in total. The van der Waals surface area contributed by atoms with E-state index in [4.69, 9.17) is 0 Å². The summed E-state index contributed by atoms with van der Waals surface area (Å²) in [6.07, 6.45) is 16.4. The first-order valence-corrected chi connectivity index (χ1v) is 13.2. The molecule has 174 valence electrons. The molecular formula is C29H46O2. The molecule has 0 heterocycles. The SMILES string of the molecule is CC(O)C(C)C(C)/C=C/C(C)C1CCC2C3=CCC4CC(=O)CCC4(C)C3CCC21C. The lowest BCUT2D eigenvalue weighted by Gasteiger charge is -2.57. The van der Waals surface area contributed by atoms with Gasteiger partial charge in [0.25, 0.3) is 0 Å². The molecule has 31 heavy (non-hydrogen) atoms. The fourth-order valence-electron chi connectivity index (χ4n) is 8.31. The Bertz CT molecular complexity index is 748. The number of Topliss-reactive ketones (excluding diaryl/α,β-unsaturated/α-hetero) is 1. The van der Waals surface area contributed by atoms with Gasteiger partial charge < -0.3 is 5.11 Å². The van der Waals surface area contributed by atoms with Crippen LogP contribution in [0.5, 0.6) is 0 Å². The van der Waals surface area contributed by atoms with Crippen molar-refractivity contribution in [3.05, 3.63) is 23.8 Å². The van der Waals surface area contributed by atoms with Gasteiger partial charge in [0.15, 0.2) is 0 Å². The van der Waals surface area contributed by atoms with E-state index < -0.39 is 0 Å². The Morgan fingerprint density at radius 2 is 1.71 bits per heavy atom. The molecule has 0 bridgehead atoms. The molecule has 0 amide bonds. The number of hydrogen-bond donors (Lipinski definition) is 1. The fourth-order valence-corrected chi connectivity index (χ4v) is 8.31. The van der Waals surface area contributed by atoms with Crippen LogP contribution in [0.1, 0.15) is 92.9 Å². The van der Waals surface area contributed by atoms with Gasteiger partial charge in [0.2, 0.25) is 0 Å². The zero-order valence-corrected chi connectivity index (χ0v) is 20.9. The third-order valence-electron chi connectivity index (χ3n) is 10.9. The van der Waals surface area contributed by atoms with Crippen LogP contribution < -0.4 is 0 Å². The van der Waals surface area contributed by atoms with Crippen LogP contribution in [0.25, 0.3) is 0 Å². The van der Waals surface area contributed by atoms with Crippen molar-refractivity contribution >= 4 is 5.78 Å². The summed E-state index contributed by atoms with van der Waals surface area (Å²) in [5.74, 6) is 4.61. The van der Waals surface area contributed by atoms with Gasteiger partial charge in [-0.2, -0.15) is 0 Å². The number of ketones is 1. The van der Waals surface area contributed by atoms with Crippen molar-refractivity contribution in [2.45, 2.75) is 99.0 Å². The second-order valence-electron chi connectivity index (χ2n) is 12.4. The molecule has 10 unspecified atom stereocenters. The molecule has 0 aromatic rings. The number of hydrogen-bond acceptors (Lipinski definition) is 2. The predicted molar refractivity (Wildman–Crippen MR) is 129 cm³/mol. The lowest BCUT2D eigenvalue weighted by Crippen LogP contribution is -2.49. The van der Waals surface area contributed by atoms with Gasteiger partial charge in [0.05, 0.1) is 6.10 Å². The third kappa shape index (κ3) is 3.90. The first kappa shape index (κ1) is 23.3. The topological polar surface area (TPSA) is 37.3 Å². The van der Waals surface area contributed by atoms with Gasteiger partial charge in [-0.1, -0.05) is 58.4 Å². The van der Waals surface area contributed by atoms with Crippen molar-refractivity contribution in [2.24, 2.45) is 52.3 Å². The molecule has 0 aliphatic heterocycles. The van der Waals surface area contributed by atoms with E-state index in [0.29, 0.717) is 46.2 Å². The number of fused-ring (bicyclic) bond motifs is 5. The average Bonchev–Trinajstić information content (AvgIpc) is 3.09. The Labute approximate surface area is 191 Å². The summed E-state index contributed by atoms with van der Waals surface area (Å²) in [6, 6.07) is 0. The van der Waals surface area contributed by atoms with E-state index in [-0.39, 0.29) is 6.10 Å². The summed E-state index contributed by atoms with van der Waals surface area (Å²) in [4.78, 5) is 12.1. The van der Waals surface area contributed by atoms with Crippen LogP contribution in [0.15, 0.2) is 23.8 Å². The highest BCUT2D eigenvalue weighted by molar-refractivity contribution is 5.79. The Kier molecular flexibility index (Phi) is 6.36. The highest BCUT2D eigenvalue weighted by atomic mass is 16.3. The molecule has 1 N–H and O–H groups in total. The highest BCUT2D eigenvalue weighted by Gasteiger charge is 2.58. The van der Waals surface area contributed by atoms with Gasteiger partial charge >= 0.3 is 0 Å². The maximum atomic E-state index is 12.1. The van der Waals surface area contributed by atoms with Gasteiger partial charge in [-0.25, -0.2) is 0 Å². The molecule has 0 spiro atoms. The second-order valence-corrected chi connectivity index (χ2v) is 12.4. The minimum Gasteiger partial charge on any atom is -0.393 e. The summed E-state index contributed by atoms with van der Waals surface area (Å²) in [5.41, 5.74) is 2.56. The van der Waals surface area contributed by atoms with Gasteiger partial charge in [0.1, 0.15) is 5.78 Å². The summed E-state index contributed by atoms with van der Waals surface area (Å²) < 4.78 is 0. The van der Waals surface area contributed by atoms with Gasteiger partial charge in [-0.15, -0.1) is 0 Å². The molecule has 4 aliphatic rings. The number of rotatable bonds is 5. The Balaban J connectivity index is 1.51. The molecule has 3 saturated carbocycles. The minimum absolute atomic E-state index is 0.253.